The number of benzene rings is 2. The Morgan fingerprint density at radius 3 is 1.34 bits per heavy atom. The highest BCUT2D eigenvalue weighted by Crippen LogP contribution is 2.29. The van der Waals surface area contributed by atoms with E-state index in [2.05, 4.69) is 98.2 Å². The topological polar surface area (TPSA) is 29.5 Å². The second kappa shape index (κ2) is 10.8. The Morgan fingerprint density at radius 1 is 0.688 bits per heavy atom. The summed E-state index contributed by atoms with van der Waals surface area (Å²) in [5.74, 6) is 0. The molecule has 0 aliphatic carbocycles. The molecule has 1 aliphatic rings. The molecule has 0 radical (unpaired) electrons. The standard InChI is InChI=1S/C28H39N3O/c1-6-29(7-2)27-14-10-23(11-15-27)18-25-20-26(22-31(5,32)21-25)19-24-12-16-28(17-13-24)30(8-3)9-4/h10-19H,6-9,20-22H2,1-5H3. The summed E-state index contributed by atoms with van der Waals surface area (Å²) in [6, 6.07) is 17.4. The number of rotatable bonds is 8. The zero-order valence-electron chi connectivity index (χ0n) is 20.5. The van der Waals surface area contributed by atoms with Gasteiger partial charge in [-0.2, -0.15) is 0 Å². The fraction of sp³-hybridized carbons (Fsp3) is 0.429. The zero-order chi connectivity index (χ0) is 23.1. The van der Waals surface area contributed by atoms with Gasteiger partial charge in [0.15, 0.2) is 0 Å². The molecule has 2 aromatic carbocycles. The first-order valence-corrected chi connectivity index (χ1v) is 12.0. The number of hydrogen-bond acceptors (Lipinski definition) is 3. The van der Waals surface area contributed by atoms with E-state index in [1.165, 1.54) is 33.6 Å². The lowest BCUT2D eigenvalue weighted by atomic mass is 9.95. The Bertz CT molecular complexity index is 843. The van der Waals surface area contributed by atoms with Crippen LogP contribution in [0.25, 0.3) is 12.2 Å². The summed E-state index contributed by atoms with van der Waals surface area (Å²) >= 11 is 0. The molecule has 32 heavy (non-hydrogen) atoms. The molecule has 0 saturated carbocycles. The highest BCUT2D eigenvalue weighted by Gasteiger charge is 2.23. The van der Waals surface area contributed by atoms with Crippen LogP contribution in [0.3, 0.4) is 0 Å². The minimum Gasteiger partial charge on any atom is -0.633 e. The van der Waals surface area contributed by atoms with E-state index in [1.54, 1.807) is 7.05 Å². The predicted molar refractivity (Wildman–Crippen MR) is 140 cm³/mol. The third-order valence-corrected chi connectivity index (χ3v) is 6.31. The van der Waals surface area contributed by atoms with Crippen molar-refractivity contribution in [3.63, 3.8) is 0 Å². The number of anilines is 2. The first-order valence-electron chi connectivity index (χ1n) is 12.0. The van der Waals surface area contributed by atoms with Crippen molar-refractivity contribution in [3.05, 3.63) is 76.0 Å². The van der Waals surface area contributed by atoms with E-state index in [9.17, 15) is 5.21 Å². The second-order valence-corrected chi connectivity index (χ2v) is 8.92. The first kappa shape index (κ1) is 24.1. The number of likely N-dealkylation sites (tertiary alicyclic amines) is 1. The van der Waals surface area contributed by atoms with E-state index in [1.807, 2.05) is 0 Å². The Labute approximate surface area is 194 Å². The van der Waals surface area contributed by atoms with Gasteiger partial charge in [-0.1, -0.05) is 24.3 Å². The van der Waals surface area contributed by atoms with Gasteiger partial charge in [0.25, 0.3) is 0 Å². The average Bonchev–Trinajstić information content (AvgIpc) is 2.76. The molecule has 0 bridgehead atoms. The lowest BCUT2D eigenvalue weighted by Crippen LogP contribution is -2.44. The molecule has 1 aliphatic heterocycles. The molecule has 0 amide bonds. The minimum atomic E-state index is -0.243. The smallest absolute Gasteiger partial charge is 0.101 e. The summed E-state index contributed by atoms with van der Waals surface area (Å²) in [5.41, 5.74) is 7.24. The van der Waals surface area contributed by atoms with Gasteiger partial charge in [0.1, 0.15) is 13.1 Å². The number of likely N-dealkylation sites (N-methyl/N-ethyl adjacent to an activating group) is 1. The van der Waals surface area contributed by atoms with Gasteiger partial charge < -0.3 is 19.7 Å². The zero-order valence-corrected chi connectivity index (χ0v) is 20.5. The van der Waals surface area contributed by atoms with Crippen molar-refractivity contribution in [1.29, 1.82) is 0 Å². The Kier molecular flexibility index (Phi) is 8.16. The first-order chi connectivity index (χ1) is 15.4. The molecule has 4 nitrogen and oxygen atoms in total. The molecule has 1 heterocycles. The molecule has 172 valence electrons. The van der Waals surface area contributed by atoms with E-state index in [0.29, 0.717) is 13.1 Å². The van der Waals surface area contributed by atoms with Gasteiger partial charge in [-0.05, 0) is 86.4 Å². The molecule has 4 heteroatoms. The van der Waals surface area contributed by atoms with Crippen LogP contribution >= 0.6 is 0 Å². The number of piperidine rings is 1. The largest absolute Gasteiger partial charge is 0.633 e. The molecular weight excluding hydrogens is 394 g/mol. The van der Waals surface area contributed by atoms with Crippen molar-refractivity contribution < 1.29 is 4.65 Å². The van der Waals surface area contributed by atoms with Crippen LogP contribution in [0.4, 0.5) is 11.4 Å². The maximum absolute atomic E-state index is 13.0. The number of nitrogens with zero attached hydrogens (tertiary/aromatic N) is 3. The summed E-state index contributed by atoms with van der Waals surface area (Å²) in [6.07, 6.45) is 5.28. The molecule has 2 aromatic rings. The van der Waals surface area contributed by atoms with Crippen LogP contribution in [-0.4, -0.2) is 51.0 Å². The van der Waals surface area contributed by atoms with Crippen LogP contribution in [0.5, 0.6) is 0 Å². The van der Waals surface area contributed by atoms with Crippen molar-refractivity contribution in [3.8, 4) is 0 Å². The highest BCUT2D eigenvalue weighted by atomic mass is 16.5. The van der Waals surface area contributed by atoms with E-state index in [4.69, 9.17) is 0 Å². The van der Waals surface area contributed by atoms with Crippen LogP contribution < -0.4 is 9.80 Å². The lowest BCUT2D eigenvalue weighted by Gasteiger charge is -2.43. The molecule has 0 atom stereocenters. The molecule has 1 saturated heterocycles. The third-order valence-electron chi connectivity index (χ3n) is 6.31. The van der Waals surface area contributed by atoms with E-state index < -0.39 is 0 Å². The Morgan fingerprint density at radius 2 is 1.03 bits per heavy atom. The van der Waals surface area contributed by atoms with Crippen molar-refractivity contribution in [2.24, 2.45) is 0 Å². The number of hydroxylamine groups is 3. The maximum atomic E-state index is 13.0. The van der Waals surface area contributed by atoms with Crippen molar-refractivity contribution >= 4 is 23.5 Å². The van der Waals surface area contributed by atoms with Gasteiger partial charge in [0.05, 0.1) is 7.05 Å². The molecule has 1 fully saturated rings. The molecule has 0 aromatic heterocycles. The van der Waals surface area contributed by atoms with Crippen LogP contribution in [0, 0.1) is 5.21 Å². The Balaban J connectivity index is 1.78. The monoisotopic (exact) mass is 433 g/mol. The van der Waals surface area contributed by atoms with Crippen molar-refractivity contribution in [1.82, 2.24) is 0 Å². The second-order valence-electron chi connectivity index (χ2n) is 8.92. The summed E-state index contributed by atoms with van der Waals surface area (Å²) < 4.78 is -0.243. The third kappa shape index (κ3) is 6.24. The molecule has 0 N–H and O–H groups in total. The van der Waals surface area contributed by atoms with Gasteiger partial charge in [0, 0.05) is 44.0 Å². The van der Waals surface area contributed by atoms with Crippen LogP contribution in [-0.2, 0) is 0 Å². The molecule has 0 unspecified atom stereocenters. The minimum absolute atomic E-state index is 0.243. The quantitative estimate of drug-likeness (QED) is 0.367. The van der Waals surface area contributed by atoms with E-state index in [0.717, 1.165) is 32.6 Å². The number of quaternary nitrogens is 1. The molecule has 0 spiro atoms. The maximum Gasteiger partial charge on any atom is 0.101 e. The lowest BCUT2D eigenvalue weighted by molar-refractivity contribution is -0.853. The van der Waals surface area contributed by atoms with Gasteiger partial charge >= 0.3 is 0 Å². The normalized spacial score (nSPS) is 21.2. The Hall–Kier alpha value is -2.56. The van der Waals surface area contributed by atoms with Gasteiger partial charge in [-0.15, -0.1) is 0 Å². The van der Waals surface area contributed by atoms with Gasteiger partial charge in [-0.3, -0.25) is 0 Å². The summed E-state index contributed by atoms with van der Waals surface area (Å²) in [5, 5.41) is 13.0. The summed E-state index contributed by atoms with van der Waals surface area (Å²) in [7, 11) is 1.79. The van der Waals surface area contributed by atoms with Gasteiger partial charge in [-0.25, -0.2) is 0 Å². The van der Waals surface area contributed by atoms with Crippen LogP contribution in [0.2, 0.25) is 0 Å². The molecular formula is C28H39N3O. The highest BCUT2D eigenvalue weighted by molar-refractivity contribution is 5.62. The van der Waals surface area contributed by atoms with E-state index in [-0.39, 0.29) is 4.65 Å². The number of hydrogen-bond donors (Lipinski definition) is 0. The van der Waals surface area contributed by atoms with Gasteiger partial charge in [0.2, 0.25) is 0 Å². The fourth-order valence-electron chi connectivity index (χ4n) is 4.72. The van der Waals surface area contributed by atoms with Crippen LogP contribution in [0.15, 0.2) is 59.7 Å². The SMILES string of the molecule is CCN(CC)c1ccc(C=C2CC(=Cc3ccc(N(CC)CC)cc3)C[N+](C)([O-])C2)cc1. The summed E-state index contributed by atoms with van der Waals surface area (Å²) in [4.78, 5) is 4.69. The summed E-state index contributed by atoms with van der Waals surface area (Å²) in [6.45, 7) is 13.9. The molecule has 3 rings (SSSR count). The van der Waals surface area contributed by atoms with Crippen molar-refractivity contribution in [2.75, 3.05) is 56.1 Å². The van der Waals surface area contributed by atoms with E-state index >= 15 is 0 Å². The fourth-order valence-corrected chi connectivity index (χ4v) is 4.72. The predicted octanol–water partition coefficient (Wildman–Crippen LogP) is 6.19. The average molecular weight is 434 g/mol. The van der Waals surface area contributed by atoms with Crippen molar-refractivity contribution in [2.45, 2.75) is 34.1 Å². The van der Waals surface area contributed by atoms with Crippen LogP contribution in [0.1, 0.15) is 45.2 Å².